The Morgan fingerprint density at radius 1 is 1.09 bits per heavy atom. The molecule has 0 amide bonds. The maximum Gasteiger partial charge on any atom is 0.429 e. The summed E-state index contributed by atoms with van der Waals surface area (Å²) in [5.41, 5.74) is -0.904. The minimum Gasteiger partial charge on any atom is -0.388 e. The fourth-order valence-electron chi connectivity index (χ4n) is 5.57. The summed E-state index contributed by atoms with van der Waals surface area (Å²) in [6, 6.07) is 0. The van der Waals surface area contributed by atoms with E-state index in [0.29, 0.717) is 6.42 Å². The summed E-state index contributed by atoms with van der Waals surface area (Å²) in [5, 5.41) is 19.3. The number of halogens is 6. The van der Waals surface area contributed by atoms with Crippen LogP contribution in [0.5, 0.6) is 0 Å². The van der Waals surface area contributed by atoms with Gasteiger partial charge >= 0.3 is 12.4 Å². The van der Waals surface area contributed by atoms with E-state index >= 15 is 0 Å². The van der Waals surface area contributed by atoms with Gasteiger partial charge in [-0.05, 0) is 86.3 Å². The highest BCUT2D eigenvalue weighted by Gasteiger charge is 2.68. The number of aliphatic hydroxyl groups excluding tert-OH is 1. The highest BCUT2D eigenvalue weighted by Crippen LogP contribution is 2.56. The molecule has 2 N–H and O–H groups in total. The Morgan fingerprint density at radius 3 is 2.41 bits per heavy atom. The summed E-state index contributed by atoms with van der Waals surface area (Å²) in [4.78, 5) is 0. The second-order valence-corrected chi connectivity index (χ2v) is 9.86. The molecule has 0 spiro atoms. The Balaban J connectivity index is 1.69. The summed E-state index contributed by atoms with van der Waals surface area (Å²) in [6.07, 6.45) is 1.02. The van der Waals surface area contributed by atoms with Crippen LogP contribution in [0, 0.1) is 11.3 Å². The summed E-state index contributed by atoms with van der Waals surface area (Å²) < 4.78 is 77.1. The Hall–Kier alpha value is -1.80. The molecule has 0 aliphatic heterocycles. The van der Waals surface area contributed by atoms with Crippen molar-refractivity contribution in [3.63, 3.8) is 0 Å². The first-order valence-corrected chi connectivity index (χ1v) is 11.7. The van der Waals surface area contributed by atoms with E-state index < -0.39 is 24.1 Å². The molecule has 3 aliphatic rings. The van der Waals surface area contributed by atoms with Crippen molar-refractivity contribution >= 4 is 0 Å². The zero-order valence-electron chi connectivity index (χ0n) is 19.3. The quantitative estimate of drug-likeness (QED) is 0.314. The minimum atomic E-state index is -5.84. The van der Waals surface area contributed by atoms with Gasteiger partial charge in [-0.2, -0.15) is 26.3 Å². The molecule has 190 valence electrons. The Kier molecular flexibility index (Phi) is 7.63. The second kappa shape index (κ2) is 9.69. The standard InChI is InChI=1S/C26H32F6O2/c1-17-18(7-5-10-22(17)33)11-12-19-8-6-15-23(2)20(13-14-21(19)23)9-3-4-16-24(34,25(27,28)29)26(30,31)32/h4,11-13,16,21-22,33-34H,1,3,5-10,14-15H2,2H3/b16-4-,18-11-,19-12+/t21?,22-,23+/m0/s1. The Bertz CT molecular complexity index is 891. The molecule has 3 rings (SSSR count). The van der Waals surface area contributed by atoms with Crippen LogP contribution in [0.3, 0.4) is 0 Å². The third kappa shape index (κ3) is 5.08. The molecule has 0 heterocycles. The molecule has 0 bridgehead atoms. The largest absolute Gasteiger partial charge is 0.429 e. The number of hydrogen-bond donors (Lipinski definition) is 2. The summed E-state index contributed by atoms with van der Waals surface area (Å²) >= 11 is 0. The first-order valence-electron chi connectivity index (χ1n) is 11.7. The average Bonchev–Trinajstić information content (AvgIpc) is 3.07. The zero-order valence-corrected chi connectivity index (χ0v) is 19.3. The van der Waals surface area contributed by atoms with Gasteiger partial charge in [-0.25, -0.2) is 0 Å². The smallest absolute Gasteiger partial charge is 0.388 e. The van der Waals surface area contributed by atoms with E-state index in [1.54, 1.807) is 0 Å². The van der Waals surface area contributed by atoms with Gasteiger partial charge in [0.15, 0.2) is 0 Å². The van der Waals surface area contributed by atoms with Crippen LogP contribution in [0.2, 0.25) is 0 Å². The van der Waals surface area contributed by atoms with Crippen molar-refractivity contribution in [2.24, 2.45) is 11.3 Å². The zero-order chi connectivity index (χ0) is 25.4. The Morgan fingerprint density at radius 2 is 1.76 bits per heavy atom. The maximum atomic E-state index is 12.8. The normalized spacial score (nSPS) is 31.4. The molecule has 0 radical (unpaired) electrons. The topological polar surface area (TPSA) is 40.5 Å². The SMILES string of the molecule is C=C1/C(=C\C=C2/CCC[C@]3(C)C(CC/C=C\C(O)(C(F)(F)F)C(F)(F)F)=CCC23)CCC[C@@H]1O. The molecule has 3 atom stereocenters. The molecular formula is C26H32F6O2. The van der Waals surface area contributed by atoms with Crippen LogP contribution in [0.1, 0.15) is 64.7 Å². The fraction of sp³-hybridized carbons (Fsp3) is 0.615. The van der Waals surface area contributed by atoms with Crippen molar-refractivity contribution in [3.8, 4) is 0 Å². The molecule has 8 heteroatoms. The van der Waals surface area contributed by atoms with E-state index in [1.807, 2.05) is 6.08 Å². The van der Waals surface area contributed by atoms with Gasteiger partial charge in [-0.1, -0.05) is 49.0 Å². The van der Waals surface area contributed by atoms with Crippen molar-refractivity contribution in [2.45, 2.75) is 88.8 Å². The van der Waals surface area contributed by atoms with Crippen LogP contribution in [0.15, 0.2) is 59.3 Å². The van der Waals surface area contributed by atoms with Crippen LogP contribution < -0.4 is 0 Å². The van der Waals surface area contributed by atoms with Gasteiger partial charge in [-0.15, -0.1) is 0 Å². The lowest BCUT2D eigenvalue weighted by molar-refractivity contribution is -0.347. The summed E-state index contributed by atoms with van der Waals surface area (Å²) in [5.74, 6) is 0.237. The predicted molar refractivity (Wildman–Crippen MR) is 119 cm³/mol. The number of alkyl halides is 6. The van der Waals surface area contributed by atoms with E-state index in [1.165, 1.54) is 5.57 Å². The summed E-state index contributed by atoms with van der Waals surface area (Å²) in [6.45, 7) is 6.12. The van der Waals surface area contributed by atoms with E-state index in [2.05, 4.69) is 25.7 Å². The van der Waals surface area contributed by atoms with Gasteiger partial charge in [0.2, 0.25) is 0 Å². The molecule has 3 aliphatic carbocycles. The number of allylic oxidation sites excluding steroid dienone is 6. The van der Waals surface area contributed by atoms with Crippen molar-refractivity contribution in [1.82, 2.24) is 0 Å². The highest BCUT2D eigenvalue weighted by molar-refractivity contribution is 5.39. The second-order valence-electron chi connectivity index (χ2n) is 9.86. The molecule has 0 aromatic carbocycles. The van der Waals surface area contributed by atoms with Crippen LogP contribution in [0.25, 0.3) is 0 Å². The monoisotopic (exact) mass is 490 g/mol. The maximum absolute atomic E-state index is 12.8. The van der Waals surface area contributed by atoms with E-state index in [9.17, 15) is 36.6 Å². The number of hydrogen-bond acceptors (Lipinski definition) is 2. The Labute approximate surface area is 196 Å². The number of aliphatic hydroxyl groups is 2. The van der Waals surface area contributed by atoms with E-state index in [4.69, 9.17) is 0 Å². The molecule has 0 aromatic heterocycles. The molecule has 0 saturated heterocycles. The van der Waals surface area contributed by atoms with Gasteiger partial charge in [0.25, 0.3) is 5.60 Å². The minimum absolute atomic E-state index is 0.0244. The van der Waals surface area contributed by atoms with Crippen molar-refractivity contribution in [1.29, 1.82) is 0 Å². The lowest BCUT2D eigenvalue weighted by Gasteiger charge is -2.41. The van der Waals surface area contributed by atoms with E-state index in [0.717, 1.165) is 67.7 Å². The highest BCUT2D eigenvalue weighted by atomic mass is 19.4. The molecular weight excluding hydrogens is 458 g/mol. The lowest BCUT2D eigenvalue weighted by Crippen LogP contribution is -2.55. The van der Waals surface area contributed by atoms with Gasteiger partial charge < -0.3 is 10.2 Å². The summed E-state index contributed by atoms with van der Waals surface area (Å²) in [7, 11) is 0. The fourth-order valence-corrected chi connectivity index (χ4v) is 5.57. The predicted octanol–water partition coefficient (Wildman–Crippen LogP) is 7.27. The van der Waals surface area contributed by atoms with E-state index in [-0.39, 0.29) is 23.8 Å². The molecule has 2 saturated carbocycles. The third-order valence-corrected chi connectivity index (χ3v) is 7.75. The van der Waals surface area contributed by atoms with Crippen LogP contribution in [-0.2, 0) is 0 Å². The molecule has 2 nitrogen and oxygen atoms in total. The van der Waals surface area contributed by atoms with Gasteiger partial charge in [0, 0.05) is 0 Å². The average molecular weight is 491 g/mol. The van der Waals surface area contributed by atoms with Gasteiger partial charge in [0.05, 0.1) is 6.10 Å². The molecule has 2 fully saturated rings. The first-order chi connectivity index (χ1) is 15.7. The lowest BCUT2D eigenvalue weighted by atomic mass is 9.63. The number of fused-ring (bicyclic) bond motifs is 1. The van der Waals surface area contributed by atoms with Crippen LogP contribution in [0.4, 0.5) is 26.3 Å². The van der Waals surface area contributed by atoms with Crippen LogP contribution >= 0.6 is 0 Å². The van der Waals surface area contributed by atoms with Crippen LogP contribution in [-0.4, -0.2) is 34.3 Å². The van der Waals surface area contributed by atoms with Crippen molar-refractivity contribution < 1.29 is 36.6 Å². The molecule has 1 unspecified atom stereocenters. The molecule has 0 aromatic rings. The molecule has 34 heavy (non-hydrogen) atoms. The third-order valence-electron chi connectivity index (χ3n) is 7.75. The van der Waals surface area contributed by atoms with Gasteiger partial charge in [0.1, 0.15) is 0 Å². The van der Waals surface area contributed by atoms with Crippen molar-refractivity contribution in [2.75, 3.05) is 0 Å². The van der Waals surface area contributed by atoms with Crippen molar-refractivity contribution in [3.05, 3.63) is 59.3 Å². The van der Waals surface area contributed by atoms with Gasteiger partial charge in [-0.3, -0.25) is 0 Å². The number of rotatable bonds is 5. The first kappa shape index (κ1) is 26.8.